The van der Waals surface area contributed by atoms with Gasteiger partial charge in [-0.15, -0.1) is 13.2 Å². The highest BCUT2D eigenvalue weighted by Gasteiger charge is 2.24. The lowest BCUT2D eigenvalue weighted by atomic mass is 9.99. The summed E-state index contributed by atoms with van der Waals surface area (Å²) in [6.07, 6.45) is 4.64. The molecule has 0 aromatic heterocycles. The molecule has 7 nitrogen and oxygen atoms in total. The fourth-order valence-electron chi connectivity index (χ4n) is 2.93. The topological polar surface area (TPSA) is 105 Å². The largest absolute Gasteiger partial charge is 0.456 e. The fraction of sp³-hybridized carbons (Fsp3) is 0.458. The lowest BCUT2D eigenvalue weighted by molar-refractivity contribution is -0.150. The number of carbonyl (C=O) groups is 3. The Labute approximate surface area is 184 Å². The predicted molar refractivity (Wildman–Crippen MR) is 120 cm³/mol. The molecule has 0 heterocycles. The van der Waals surface area contributed by atoms with Crippen molar-refractivity contribution in [2.75, 3.05) is 13.2 Å². The van der Waals surface area contributed by atoms with Gasteiger partial charge in [-0.1, -0.05) is 42.5 Å². The number of benzene rings is 1. The Morgan fingerprint density at radius 2 is 1.87 bits per heavy atom. The number of amides is 2. The second-order valence-electron chi connectivity index (χ2n) is 7.39. The molecule has 3 N–H and O–H groups in total. The molecule has 0 aliphatic rings. The number of hydrogen-bond donors (Lipinski definition) is 3. The van der Waals surface area contributed by atoms with Gasteiger partial charge in [-0.2, -0.15) is 0 Å². The second-order valence-corrected chi connectivity index (χ2v) is 7.39. The fourth-order valence-corrected chi connectivity index (χ4v) is 2.93. The Balaban J connectivity index is 2.75. The monoisotopic (exact) mass is 430 g/mol. The minimum atomic E-state index is -0.631. The van der Waals surface area contributed by atoms with Crippen molar-refractivity contribution in [3.8, 4) is 0 Å². The van der Waals surface area contributed by atoms with Crippen LogP contribution in [0.5, 0.6) is 0 Å². The Hall–Kier alpha value is -2.93. The third kappa shape index (κ3) is 10.6. The van der Waals surface area contributed by atoms with E-state index < -0.39 is 12.0 Å². The van der Waals surface area contributed by atoms with E-state index in [0.717, 1.165) is 12.0 Å². The molecule has 0 fully saturated rings. The van der Waals surface area contributed by atoms with Gasteiger partial charge in [0.25, 0.3) is 0 Å². The number of carbonyl (C=O) groups excluding carboxylic acids is 3. The molecule has 0 spiro atoms. The second kappa shape index (κ2) is 15.0. The van der Waals surface area contributed by atoms with Crippen LogP contribution >= 0.6 is 0 Å². The van der Waals surface area contributed by atoms with E-state index in [1.807, 2.05) is 30.3 Å². The summed E-state index contributed by atoms with van der Waals surface area (Å²) in [7, 11) is 0. The zero-order valence-corrected chi connectivity index (χ0v) is 18.2. The summed E-state index contributed by atoms with van der Waals surface area (Å²) in [5.74, 6) is -1.60. The van der Waals surface area contributed by atoms with E-state index in [1.54, 1.807) is 19.1 Å². The summed E-state index contributed by atoms with van der Waals surface area (Å²) in [6, 6.07) is 8.81. The van der Waals surface area contributed by atoms with E-state index in [4.69, 9.17) is 9.84 Å². The lowest BCUT2D eigenvalue weighted by Gasteiger charge is -2.21. The average Bonchev–Trinajstić information content (AvgIpc) is 2.76. The molecule has 31 heavy (non-hydrogen) atoms. The number of aliphatic hydroxyl groups is 1. The van der Waals surface area contributed by atoms with Gasteiger partial charge >= 0.3 is 5.97 Å². The number of allylic oxidation sites excluding steroid dienone is 2. The minimum Gasteiger partial charge on any atom is -0.456 e. The third-order valence-electron chi connectivity index (χ3n) is 4.63. The van der Waals surface area contributed by atoms with Gasteiger partial charge in [-0.3, -0.25) is 14.4 Å². The molecular formula is C24H34N2O5. The third-order valence-corrected chi connectivity index (χ3v) is 4.63. The van der Waals surface area contributed by atoms with Crippen molar-refractivity contribution >= 4 is 17.8 Å². The zero-order valence-electron chi connectivity index (χ0n) is 18.2. The maximum absolute atomic E-state index is 12.7. The summed E-state index contributed by atoms with van der Waals surface area (Å²) in [5.41, 5.74) is 0.773. The van der Waals surface area contributed by atoms with Crippen LogP contribution in [0.15, 0.2) is 55.6 Å². The Morgan fingerprint density at radius 1 is 1.16 bits per heavy atom. The van der Waals surface area contributed by atoms with E-state index in [2.05, 4.69) is 23.8 Å². The highest BCUT2D eigenvalue weighted by molar-refractivity contribution is 5.86. The van der Waals surface area contributed by atoms with Crippen molar-refractivity contribution in [1.82, 2.24) is 10.6 Å². The zero-order chi connectivity index (χ0) is 23.1. The first-order valence-corrected chi connectivity index (χ1v) is 10.5. The molecule has 1 aromatic carbocycles. The molecule has 0 radical (unpaired) electrons. The highest BCUT2D eigenvalue weighted by Crippen LogP contribution is 2.19. The normalized spacial score (nSPS) is 13.4. The predicted octanol–water partition coefficient (Wildman–Crippen LogP) is 2.82. The van der Waals surface area contributed by atoms with Gasteiger partial charge < -0.3 is 20.5 Å². The first-order valence-electron chi connectivity index (χ1n) is 10.5. The molecule has 7 heteroatoms. The van der Waals surface area contributed by atoms with Crippen LogP contribution in [0.25, 0.3) is 0 Å². The molecule has 3 atom stereocenters. The first kappa shape index (κ1) is 26.1. The van der Waals surface area contributed by atoms with Crippen molar-refractivity contribution in [2.45, 2.75) is 51.2 Å². The van der Waals surface area contributed by atoms with Crippen molar-refractivity contribution in [2.24, 2.45) is 5.92 Å². The van der Waals surface area contributed by atoms with Gasteiger partial charge in [0, 0.05) is 18.9 Å². The standard InChI is InChI=1S/C24H34N2O5/c1-4-6-8-14-23(29)31-21(19-12-9-7-10-13-19)16-25-24(30)20(11-5-2)15-22(28)26-18(3)17-27/h4-5,7,9-10,12-13,18,20-21,27H,1-2,6,8,11,14-17H2,3H3,(H,25,30)(H,26,28)/t18-,20+,21-/m1/s1. The van der Waals surface area contributed by atoms with Crippen LogP contribution in [0, 0.1) is 5.92 Å². The number of hydrogen-bond acceptors (Lipinski definition) is 5. The molecule has 1 aromatic rings. The van der Waals surface area contributed by atoms with Crippen LogP contribution in [-0.4, -0.2) is 42.1 Å². The van der Waals surface area contributed by atoms with E-state index in [-0.39, 0.29) is 49.8 Å². The number of aliphatic hydroxyl groups excluding tert-OH is 1. The van der Waals surface area contributed by atoms with Crippen molar-refractivity contribution in [3.63, 3.8) is 0 Å². The number of esters is 1. The number of nitrogens with one attached hydrogen (secondary N) is 2. The smallest absolute Gasteiger partial charge is 0.306 e. The summed E-state index contributed by atoms with van der Waals surface area (Å²) >= 11 is 0. The highest BCUT2D eigenvalue weighted by atomic mass is 16.5. The first-order chi connectivity index (χ1) is 14.9. The van der Waals surface area contributed by atoms with Crippen molar-refractivity contribution in [3.05, 3.63) is 61.2 Å². The maximum Gasteiger partial charge on any atom is 0.306 e. The molecule has 1 rings (SSSR count). The van der Waals surface area contributed by atoms with Crippen molar-refractivity contribution in [1.29, 1.82) is 0 Å². The Morgan fingerprint density at radius 3 is 2.48 bits per heavy atom. The van der Waals surface area contributed by atoms with Crippen LogP contribution in [-0.2, 0) is 19.1 Å². The van der Waals surface area contributed by atoms with E-state index >= 15 is 0 Å². The molecule has 0 aliphatic carbocycles. The van der Waals surface area contributed by atoms with Crippen molar-refractivity contribution < 1.29 is 24.2 Å². The van der Waals surface area contributed by atoms with Gasteiger partial charge in [-0.05, 0) is 31.7 Å². The summed E-state index contributed by atoms with van der Waals surface area (Å²) in [6.45, 7) is 8.89. The Bertz CT molecular complexity index is 720. The van der Waals surface area contributed by atoms with Gasteiger partial charge in [0.15, 0.2) is 0 Å². The molecule has 2 amide bonds. The maximum atomic E-state index is 12.7. The molecule has 0 saturated carbocycles. The molecule has 170 valence electrons. The SMILES string of the molecule is C=CCCCC(=O)O[C@H](CNC(=O)[C@@H](CC=C)CC(=O)N[C@H](C)CO)c1ccccc1. The Kier molecular flexibility index (Phi) is 12.6. The number of rotatable bonds is 15. The molecular weight excluding hydrogens is 396 g/mol. The van der Waals surface area contributed by atoms with Gasteiger partial charge in [0.1, 0.15) is 6.10 Å². The number of ether oxygens (including phenoxy) is 1. The molecule has 0 saturated heterocycles. The lowest BCUT2D eigenvalue weighted by Crippen LogP contribution is -2.40. The van der Waals surface area contributed by atoms with E-state index in [0.29, 0.717) is 12.8 Å². The van der Waals surface area contributed by atoms with E-state index in [1.165, 1.54) is 0 Å². The van der Waals surface area contributed by atoms with Gasteiger partial charge in [0.05, 0.1) is 19.1 Å². The minimum absolute atomic E-state index is 0.0282. The van der Waals surface area contributed by atoms with Crippen LogP contribution in [0.4, 0.5) is 0 Å². The van der Waals surface area contributed by atoms with Crippen LogP contribution < -0.4 is 10.6 Å². The summed E-state index contributed by atoms with van der Waals surface area (Å²) in [5, 5.41) is 14.5. The van der Waals surface area contributed by atoms with Crippen LogP contribution in [0.1, 0.15) is 50.7 Å². The van der Waals surface area contributed by atoms with Crippen LogP contribution in [0.2, 0.25) is 0 Å². The quantitative estimate of drug-likeness (QED) is 0.225. The van der Waals surface area contributed by atoms with Gasteiger partial charge in [-0.25, -0.2) is 0 Å². The molecule has 0 aliphatic heterocycles. The van der Waals surface area contributed by atoms with Crippen LogP contribution in [0.3, 0.4) is 0 Å². The molecule has 0 bridgehead atoms. The van der Waals surface area contributed by atoms with Gasteiger partial charge in [0.2, 0.25) is 11.8 Å². The summed E-state index contributed by atoms with van der Waals surface area (Å²) in [4.78, 5) is 37.0. The van der Waals surface area contributed by atoms with E-state index in [9.17, 15) is 14.4 Å². The summed E-state index contributed by atoms with van der Waals surface area (Å²) < 4.78 is 5.61. The average molecular weight is 431 g/mol. The number of unbranched alkanes of at least 4 members (excludes halogenated alkanes) is 1. The molecule has 0 unspecified atom stereocenters.